The summed E-state index contributed by atoms with van der Waals surface area (Å²) in [6.07, 6.45) is -2.50. The lowest BCUT2D eigenvalue weighted by Crippen LogP contribution is -2.26. The van der Waals surface area contributed by atoms with Crippen molar-refractivity contribution in [1.29, 1.82) is 0 Å². The Labute approximate surface area is 99.3 Å². The van der Waals surface area contributed by atoms with Gasteiger partial charge in [-0.2, -0.15) is 8.78 Å². The molecule has 0 bridgehead atoms. The molecule has 0 aromatic heterocycles. The van der Waals surface area contributed by atoms with Gasteiger partial charge in [0.05, 0.1) is 10.5 Å². The van der Waals surface area contributed by atoms with Gasteiger partial charge >= 0.3 is 5.92 Å². The molecule has 3 nitrogen and oxygen atoms in total. The number of fused-ring (bicyclic) bond motifs is 1. The van der Waals surface area contributed by atoms with E-state index >= 15 is 0 Å². The Morgan fingerprint density at radius 1 is 1.28 bits per heavy atom. The van der Waals surface area contributed by atoms with Gasteiger partial charge in [0.25, 0.3) is 0 Å². The van der Waals surface area contributed by atoms with Crippen LogP contribution in [0.1, 0.15) is 22.1 Å². The molecule has 0 saturated carbocycles. The van der Waals surface area contributed by atoms with Crippen molar-refractivity contribution in [3.8, 4) is 0 Å². The zero-order chi connectivity index (χ0) is 13.9. The summed E-state index contributed by atoms with van der Waals surface area (Å²) in [5.74, 6) is -7.82. The molecule has 1 atom stereocenters. The molecule has 2 rings (SSSR count). The summed E-state index contributed by atoms with van der Waals surface area (Å²) >= 11 is 0. The standard InChI is InChI=1S/C10H6F4O3S/c1-18(16,17)5-3-2-4(11)6-7(5)9(15)10(13,14)8(6)12/h2-3,8H,1H3/t8-/m1/s1. The molecule has 0 heterocycles. The SMILES string of the molecule is CS(=O)(=O)c1ccc(F)c2c1C(=O)C(F)(F)[C@@H]2F. The molecule has 1 aromatic carbocycles. The predicted molar refractivity (Wildman–Crippen MR) is 52.6 cm³/mol. The van der Waals surface area contributed by atoms with Gasteiger partial charge in [-0.15, -0.1) is 0 Å². The van der Waals surface area contributed by atoms with Gasteiger partial charge in [0, 0.05) is 11.8 Å². The molecule has 18 heavy (non-hydrogen) atoms. The summed E-state index contributed by atoms with van der Waals surface area (Å²) in [5.41, 5.74) is -2.28. The van der Waals surface area contributed by atoms with Crippen molar-refractivity contribution in [2.75, 3.05) is 6.26 Å². The molecule has 8 heteroatoms. The fourth-order valence-electron chi connectivity index (χ4n) is 1.83. The third kappa shape index (κ3) is 1.55. The summed E-state index contributed by atoms with van der Waals surface area (Å²) in [6.45, 7) is 0. The average molecular weight is 282 g/mol. The van der Waals surface area contributed by atoms with Gasteiger partial charge in [-0.05, 0) is 12.1 Å². The van der Waals surface area contributed by atoms with Crippen molar-refractivity contribution in [2.45, 2.75) is 17.0 Å². The van der Waals surface area contributed by atoms with Gasteiger partial charge in [0.15, 0.2) is 16.0 Å². The molecule has 0 amide bonds. The van der Waals surface area contributed by atoms with Crippen molar-refractivity contribution in [2.24, 2.45) is 0 Å². The van der Waals surface area contributed by atoms with Crippen LogP contribution in [0.15, 0.2) is 17.0 Å². The highest BCUT2D eigenvalue weighted by atomic mass is 32.2. The average Bonchev–Trinajstić information content (AvgIpc) is 2.40. The van der Waals surface area contributed by atoms with Crippen molar-refractivity contribution in [3.63, 3.8) is 0 Å². The molecule has 98 valence electrons. The first-order valence-corrected chi connectivity index (χ1v) is 6.56. The minimum atomic E-state index is -4.44. The molecule has 1 aliphatic rings. The van der Waals surface area contributed by atoms with Crippen molar-refractivity contribution in [3.05, 3.63) is 29.1 Å². The molecular formula is C10H6F4O3S. The van der Waals surface area contributed by atoms with E-state index in [1.54, 1.807) is 0 Å². The zero-order valence-corrected chi connectivity index (χ0v) is 9.69. The molecular weight excluding hydrogens is 276 g/mol. The van der Waals surface area contributed by atoms with E-state index in [1.165, 1.54) is 0 Å². The first-order chi connectivity index (χ1) is 8.08. The predicted octanol–water partition coefficient (Wildman–Crippen LogP) is 2.07. The number of benzene rings is 1. The number of carbonyl (C=O) groups excluding carboxylic acids is 1. The van der Waals surface area contributed by atoms with Gasteiger partial charge in [-0.25, -0.2) is 17.2 Å². The van der Waals surface area contributed by atoms with Crippen LogP contribution in [0.2, 0.25) is 0 Å². The number of rotatable bonds is 1. The van der Waals surface area contributed by atoms with Crippen LogP contribution < -0.4 is 0 Å². The van der Waals surface area contributed by atoms with Crippen LogP contribution in [0.4, 0.5) is 17.6 Å². The Balaban J connectivity index is 2.89. The minimum absolute atomic E-state index is 0.552. The van der Waals surface area contributed by atoms with E-state index < -0.39 is 49.6 Å². The highest BCUT2D eigenvalue weighted by molar-refractivity contribution is 7.90. The Morgan fingerprint density at radius 2 is 1.83 bits per heavy atom. The maximum Gasteiger partial charge on any atom is 0.344 e. The lowest BCUT2D eigenvalue weighted by atomic mass is 10.1. The quantitative estimate of drug-likeness (QED) is 0.585. The summed E-state index contributed by atoms with van der Waals surface area (Å²) in [5, 5.41) is 0. The largest absolute Gasteiger partial charge is 0.344 e. The van der Waals surface area contributed by atoms with Gasteiger partial charge in [-0.1, -0.05) is 0 Å². The fraction of sp³-hybridized carbons (Fsp3) is 0.300. The molecule has 0 radical (unpaired) electrons. The first kappa shape index (κ1) is 13.0. The van der Waals surface area contributed by atoms with Crippen molar-refractivity contribution in [1.82, 2.24) is 0 Å². The van der Waals surface area contributed by atoms with Gasteiger partial charge in [0.2, 0.25) is 5.78 Å². The van der Waals surface area contributed by atoms with Gasteiger partial charge < -0.3 is 0 Å². The van der Waals surface area contributed by atoms with E-state index in [-0.39, 0.29) is 0 Å². The van der Waals surface area contributed by atoms with Crippen LogP contribution >= 0.6 is 0 Å². The van der Waals surface area contributed by atoms with Crippen LogP contribution in [-0.2, 0) is 9.84 Å². The number of hydrogen-bond acceptors (Lipinski definition) is 3. The van der Waals surface area contributed by atoms with Crippen LogP contribution in [0, 0.1) is 5.82 Å². The number of hydrogen-bond donors (Lipinski definition) is 0. The third-order valence-electron chi connectivity index (χ3n) is 2.66. The summed E-state index contributed by atoms with van der Waals surface area (Å²) in [7, 11) is -4.04. The zero-order valence-electron chi connectivity index (χ0n) is 8.88. The summed E-state index contributed by atoms with van der Waals surface area (Å²) in [4.78, 5) is 10.5. The van der Waals surface area contributed by atoms with E-state index in [1.807, 2.05) is 0 Å². The van der Waals surface area contributed by atoms with E-state index in [2.05, 4.69) is 0 Å². The number of sulfone groups is 1. The second kappa shape index (κ2) is 3.53. The number of carbonyl (C=O) groups is 1. The lowest BCUT2D eigenvalue weighted by molar-refractivity contribution is -0.0372. The van der Waals surface area contributed by atoms with Crippen LogP contribution in [0.5, 0.6) is 0 Å². The molecule has 1 aromatic rings. The third-order valence-corrected chi connectivity index (χ3v) is 3.79. The summed E-state index contributed by atoms with van der Waals surface area (Å²) < 4.78 is 75.7. The molecule has 0 spiro atoms. The molecule has 0 aliphatic heterocycles. The number of halogens is 4. The highest BCUT2D eigenvalue weighted by Gasteiger charge is 2.58. The number of Topliss-reactive ketones (excluding diaryl/α,β-unsaturated/α-hetero) is 1. The second-order valence-corrected chi connectivity index (χ2v) is 5.91. The Kier molecular flexibility index (Phi) is 2.55. The highest BCUT2D eigenvalue weighted by Crippen LogP contribution is 2.48. The van der Waals surface area contributed by atoms with Crippen LogP contribution in [0.3, 0.4) is 0 Å². The smallest absolute Gasteiger partial charge is 0.287 e. The van der Waals surface area contributed by atoms with E-state index in [0.29, 0.717) is 18.4 Å². The van der Waals surface area contributed by atoms with Gasteiger partial charge in [-0.3, -0.25) is 4.79 Å². The normalized spacial score (nSPS) is 22.1. The van der Waals surface area contributed by atoms with Crippen molar-refractivity contribution >= 4 is 15.6 Å². The van der Waals surface area contributed by atoms with Crippen LogP contribution in [-0.4, -0.2) is 26.4 Å². The maximum absolute atomic E-state index is 13.4. The van der Waals surface area contributed by atoms with E-state index in [0.717, 1.165) is 0 Å². The van der Waals surface area contributed by atoms with Crippen LogP contribution in [0.25, 0.3) is 0 Å². The fourth-order valence-corrected chi connectivity index (χ4v) is 2.72. The number of ketones is 1. The lowest BCUT2D eigenvalue weighted by Gasteiger charge is -2.09. The first-order valence-electron chi connectivity index (χ1n) is 4.67. The Bertz CT molecular complexity index is 651. The molecule has 1 aliphatic carbocycles. The monoisotopic (exact) mass is 282 g/mol. The Morgan fingerprint density at radius 3 is 2.33 bits per heavy atom. The minimum Gasteiger partial charge on any atom is -0.287 e. The molecule has 0 saturated heterocycles. The molecule has 0 fully saturated rings. The Hall–Kier alpha value is -1.44. The van der Waals surface area contributed by atoms with E-state index in [9.17, 15) is 30.8 Å². The second-order valence-electron chi connectivity index (χ2n) is 3.92. The molecule has 0 unspecified atom stereocenters. The maximum atomic E-state index is 13.4. The topological polar surface area (TPSA) is 51.2 Å². The number of alkyl halides is 3. The van der Waals surface area contributed by atoms with Crippen molar-refractivity contribution < 1.29 is 30.8 Å². The summed E-state index contributed by atoms with van der Waals surface area (Å²) in [6, 6.07) is 1.23. The molecule has 0 N–H and O–H groups in total. The van der Waals surface area contributed by atoms with E-state index in [4.69, 9.17) is 0 Å². The van der Waals surface area contributed by atoms with Gasteiger partial charge in [0.1, 0.15) is 5.82 Å².